The molecule has 0 aromatic heterocycles. The first-order valence-electron chi connectivity index (χ1n) is 7.09. The minimum absolute atomic E-state index is 0.0567. The highest BCUT2D eigenvalue weighted by Crippen LogP contribution is 2.31. The maximum atomic E-state index is 12.4. The molecule has 0 aliphatic carbocycles. The van der Waals surface area contributed by atoms with Gasteiger partial charge in [0.2, 0.25) is 0 Å². The van der Waals surface area contributed by atoms with Gasteiger partial charge in [-0.1, -0.05) is 18.9 Å². The number of hydrogen-bond donors (Lipinski definition) is 1. The first kappa shape index (κ1) is 15.2. The summed E-state index contributed by atoms with van der Waals surface area (Å²) in [6.07, 6.45) is 4.09. The number of carbonyl (C=O) groups excluding carboxylic acids is 1. The van der Waals surface area contributed by atoms with Gasteiger partial charge in [0.05, 0.1) is 4.47 Å². The Morgan fingerprint density at radius 1 is 1.30 bits per heavy atom. The molecule has 0 bridgehead atoms. The van der Waals surface area contributed by atoms with Gasteiger partial charge in [-0.2, -0.15) is 0 Å². The molecule has 4 nitrogen and oxygen atoms in total. The Morgan fingerprint density at radius 3 is 2.60 bits per heavy atom. The van der Waals surface area contributed by atoms with E-state index in [0.29, 0.717) is 15.9 Å². The second kappa shape index (κ2) is 6.97. The van der Waals surface area contributed by atoms with Crippen molar-refractivity contribution >= 4 is 27.5 Å². The van der Waals surface area contributed by atoms with Crippen molar-refractivity contribution in [1.29, 1.82) is 0 Å². The van der Waals surface area contributed by atoms with Gasteiger partial charge in [-0.05, 0) is 47.8 Å². The summed E-state index contributed by atoms with van der Waals surface area (Å²) in [5.41, 5.74) is 6.42. The third kappa shape index (κ3) is 3.66. The molecule has 20 heavy (non-hydrogen) atoms. The molecule has 2 N–H and O–H groups in total. The van der Waals surface area contributed by atoms with Crippen molar-refractivity contribution in [1.82, 2.24) is 4.90 Å². The fourth-order valence-corrected chi connectivity index (χ4v) is 2.77. The number of halogens is 1. The van der Waals surface area contributed by atoms with E-state index >= 15 is 0 Å². The van der Waals surface area contributed by atoms with Crippen LogP contribution in [0.2, 0.25) is 0 Å². The fourth-order valence-electron chi connectivity index (χ4n) is 2.41. The van der Waals surface area contributed by atoms with E-state index in [0.717, 1.165) is 25.9 Å². The van der Waals surface area contributed by atoms with Gasteiger partial charge in [0.15, 0.2) is 6.10 Å². The lowest BCUT2D eigenvalue weighted by Crippen LogP contribution is -2.41. The molecule has 2 rings (SSSR count). The summed E-state index contributed by atoms with van der Waals surface area (Å²) in [7, 11) is 0. The van der Waals surface area contributed by atoms with E-state index < -0.39 is 6.10 Å². The number of anilines is 1. The van der Waals surface area contributed by atoms with E-state index in [1.54, 1.807) is 13.0 Å². The van der Waals surface area contributed by atoms with Crippen molar-refractivity contribution in [3.63, 3.8) is 0 Å². The predicted octanol–water partition coefficient (Wildman–Crippen LogP) is 3.20. The van der Waals surface area contributed by atoms with Gasteiger partial charge in [0, 0.05) is 18.8 Å². The van der Waals surface area contributed by atoms with E-state index in [1.165, 1.54) is 12.8 Å². The molecule has 1 unspecified atom stereocenters. The number of nitrogens with two attached hydrogens (primary N) is 1. The molecule has 1 saturated heterocycles. The third-order valence-corrected chi connectivity index (χ3v) is 4.41. The number of benzene rings is 1. The van der Waals surface area contributed by atoms with E-state index in [4.69, 9.17) is 10.5 Å². The van der Waals surface area contributed by atoms with Gasteiger partial charge in [0.25, 0.3) is 5.91 Å². The molecule has 1 aromatic carbocycles. The topological polar surface area (TPSA) is 55.6 Å². The Bertz CT molecular complexity index is 471. The van der Waals surface area contributed by atoms with Crippen LogP contribution in [-0.4, -0.2) is 30.0 Å². The minimum Gasteiger partial charge on any atom is -0.480 e. The van der Waals surface area contributed by atoms with Gasteiger partial charge in [-0.15, -0.1) is 0 Å². The summed E-state index contributed by atoms with van der Waals surface area (Å²) >= 11 is 3.39. The van der Waals surface area contributed by atoms with Crippen molar-refractivity contribution in [3.05, 3.63) is 22.7 Å². The molecule has 1 aromatic rings. The highest BCUT2D eigenvalue weighted by Gasteiger charge is 2.23. The number of likely N-dealkylation sites (tertiary alicyclic amines) is 1. The van der Waals surface area contributed by atoms with Crippen LogP contribution in [0.25, 0.3) is 0 Å². The van der Waals surface area contributed by atoms with Crippen molar-refractivity contribution in [2.75, 3.05) is 18.8 Å². The Balaban J connectivity index is 2.01. The summed E-state index contributed by atoms with van der Waals surface area (Å²) in [4.78, 5) is 14.3. The van der Waals surface area contributed by atoms with Crippen LogP contribution >= 0.6 is 15.9 Å². The molecule has 1 amide bonds. The predicted molar refractivity (Wildman–Crippen MR) is 83.7 cm³/mol. The standard InChI is InChI=1S/C15H21BrN2O2/c1-11(15(19)18-9-4-2-3-5-10-18)20-13-8-6-7-12(17)14(13)16/h6-8,11H,2-5,9-10,17H2,1H3. The van der Waals surface area contributed by atoms with E-state index in [1.807, 2.05) is 17.0 Å². The van der Waals surface area contributed by atoms with Crippen LogP contribution in [0.1, 0.15) is 32.6 Å². The summed E-state index contributed by atoms with van der Waals surface area (Å²) in [5.74, 6) is 0.668. The van der Waals surface area contributed by atoms with Crippen LogP contribution in [0.4, 0.5) is 5.69 Å². The quantitative estimate of drug-likeness (QED) is 0.859. The monoisotopic (exact) mass is 340 g/mol. The summed E-state index contributed by atoms with van der Waals surface area (Å²) in [6.45, 7) is 3.47. The lowest BCUT2D eigenvalue weighted by Gasteiger charge is -2.25. The Morgan fingerprint density at radius 2 is 1.95 bits per heavy atom. The van der Waals surface area contributed by atoms with Gasteiger partial charge in [-0.3, -0.25) is 4.79 Å². The Kier molecular flexibility index (Phi) is 5.29. The smallest absolute Gasteiger partial charge is 0.263 e. The number of carbonyl (C=O) groups is 1. The lowest BCUT2D eigenvalue weighted by molar-refractivity contribution is -0.137. The number of rotatable bonds is 3. The first-order valence-corrected chi connectivity index (χ1v) is 7.88. The zero-order valence-corrected chi connectivity index (χ0v) is 13.4. The molecular weight excluding hydrogens is 320 g/mol. The molecule has 1 atom stereocenters. The molecular formula is C15H21BrN2O2. The molecule has 0 spiro atoms. The van der Waals surface area contributed by atoms with E-state index in [-0.39, 0.29) is 5.91 Å². The first-order chi connectivity index (χ1) is 9.59. The number of amides is 1. The highest BCUT2D eigenvalue weighted by atomic mass is 79.9. The molecule has 0 radical (unpaired) electrons. The van der Waals surface area contributed by atoms with Crippen LogP contribution in [0.15, 0.2) is 22.7 Å². The zero-order chi connectivity index (χ0) is 14.5. The van der Waals surface area contributed by atoms with Crippen LogP contribution in [0.5, 0.6) is 5.75 Å². The summed E-state index contributed by atoms with van der Waals surface area (Å²) in [6, 6.07) is 5.42. The zero-order valence-electron chi connectivity index (χ0n) is 11.8. The van der Waals surface area contributed by atoms with E-state index in [2.05, 4.69) is 15.9 Å². The lowest BCUT2D eigenvalue weighted by atomic mass is 10.2. The van der Waals surface area contributed by atoms with Crippen LogP contribution in [0, 0.1) is 0 Å². The largest absolute Gasteiger partial charge is 0.480 e. The number of nitrogens with zero attached hydrogens (tertiary/aromatic N) is 1. The number of hydrogen-bond acceptors (Lipinski definition) is 3. The van der Waals surface area contributed by atoms with Crippen molar-refractivity contribution in [2.45, 2.75) is 38.7 Å². The molecule has 1 aliphatic heterocycles. The molecule has 110 valence electrons. The summed E-state index contributed by atoms with van der Waals surface area (Å²) < 4.78 is 6.47. The number of nitrogen functional groups attached to an aromatic ring is 1. The molecule has 1 heterocycles. The Labute approximate surface area is 128 Å². The van der Waals surface area contributed by atoms with Crippen molar-refractivity contribution in [2.24, 2.45) is 0 Å². The van der Waals surface area contributed by atoms with Gasteiger partial charge >= 0.3 is 0 Å². The maximum Gasteiger partial charge on any atom is 0.263 e. The minimum atomic E-state index is -0.494. The van der Waals surface area contributed by atoms with E-state index in [9.17, 15) is 4.79 Å². The molecule has 0 saturated carbocycles. The summed E-state index contributed by atoms with van der Waals surface area (Å²) in [5, 5.41) is 0. The van der Waals surface area contributed by atoms with Crippen LogP contribution < -0.4 is 10.5 Å². The normalized spacial score (nSPS) is 17.4. The third-order valence-electron chi connectivity index (χ3n) is 3.56. The Hall–Kier alpha value is -1.23. The highest BCUT2D eigenvalue weighted by molar-refractivity contribution is 9.10. The van der Waals surface area contributed by atoms with Crippen molar-refractivity contribution in [3.8, 4) is 5.75 Å². The van der Waals surface area contributed by atoms with Crippen LogP contribution in [0.3, 0.4) is 0 Å². The molecule has 5 heteroatoms. The average Bonchev–Trinajstić information content (AvgIpc) is 2.72. The second-order valence-corrected chi connectivity index (χ2v) is 5.95. The van der Waals surface area contributed by atoms with Gasteiger partial charge in [-0.25, -0.2) is 0 Å². The number of ether oxygens (including phenoxy) is 1. The maximum absolute atomic E-state index is 12.4. The van der Waals surface area contributed by atoms with Gasteiger partial charge < -0.3 is 15.4 Å². The van der Waals surface area contributed by atoms with Crippen molar-refractivity contribution < 1.29 is 9.53 Å². The fraction of sp³-hybridized carbons (Fsp3) is 0.533. The molecule has 1 aliphatic rings. The SMILES string of the molecule is CC(Oc1cccc(N)c1Br)C(=O)N1CCCCCC1. The van der Waals surface area contributed by atoms with Gasteiger partial charge in [0.1, 0.15) is 5.75 Å². The molecule has 1 fully saturated rings. The average molecular weight is 341 g/mol. The second-order valence-electron chi connectivity index (χ2n) is 5.16. The van der Waals surface area contributed by atoms with Crippen LogP contribution in [-0.2, 0) is 4.79 Å².